The van der Waals surface area contributed by atoms with Crippen molar-refractivity contribution >= 4 is 29.1 Å². The van der Waals surface area contributed by atoms with Gasteiger partial charge in [-0.3, -0.25) is 9.69 Å². The molecular formula is C22H32ClN3O2. The Bertz CT molecular complexity index is 829. The second kappa shape index (κ2) is 9.12. The number of benzene rings is 2. The molecule has 6 heteroatoms. The summed E-state index contributed by atoms with van der Waals surface area (Å²) in [6, 6.07) is 12.2. The summed E-state index contributed by atoms with van der Waals surface area (Å²) in [5, 5.41) is 2.29. The molecule has 1 heterocycles. The lowest BCUT2D eigenvalue weighted by Gasteiger charge is -2.29. The topological polar surface area (TPSA) is 58.8 Å². The Balaban J connectivity index is 0.00000280. The van der Waals surface area contributed by atoms with Crippen LogP contribution in [0.15, 0.2) is 36.4 Å². The molecule has 1 fully saturated rings. The molecule has 28 heavy (non-hydrogen) atoms. The van der Waals surface area contributed by atoms with Crippen LogP contribution in [-0.4, -0.2) is 55.5 Å². The molecule has 1 aliphatic rings. The van der Waals surface area contributed by atoms with Crippen LogP contribution in [0.4, 0.5) is 0 Å². The lowest BCUT2D eigenvalue weighted by molar-refractivity contribution is -0.135. The van der Waals surface area contributed by atoms with Gasteiger partial charge in [-0.25, -0.2) is 0 Å². The number of carbonyl (C=O) groups is 1. The number of hydrogen-bond acceptors (Lipinski definition) is 4. The number of amides is 1. The molecule has 2 aromatic carbocycles. The number of carbonyl (C=O) groups excluding carboxylic acids is 1. The highest BCUT2D eigenvalue weighted by Gasteiger charge is 2.37. The van der Waals surface area contributed by atoms with Crippen LogP contribution in [0.5, 0.6) is 5.75 Å². The summed E-state index contributed by atoms with van der Waals surface area (Å²) in [5.41, 5.74) is 7.16. The van der Waals surface area contributed by atoms with E-state index in [0.717, 1.165) is 41.6 Å². The number of fused-ring (bicyclic) bond motifs is 1. The van der Waals surface area contributed by atoms with E-state index in [-0.39, 0.29) is 29.8 Å². The summed E-state index contributed by atoms with van der Waals surface area (Å²) in [5.74, 6) is 1.01. The summed E-state index contributed by atoms with van der Waals surface area (Å²) in [6.45, 7) is 7.31. The fourth-order valence-electron chi connectivity index (χ4n) is 3.88. The van der Waals surface area contributed by atoms with E-state index in [9.17, 15) is 4.79 Å². The van der Waals surface area contributed by atoms with Gasteiger partial charge in [-0.2, -0.15) is 0 Å². The third-order valence-electron chi connectivity index (χ3n) is 5.89. The Hall–Kier alpha value is -1.82. The predicted octanol–water partition coefficient (Wildman–Crippen LogP) is 3.29. The predicted molar refractivity (Wildman–Crippen MR) is 117 cm³/mol. The Labute approximate surface area is 174 Å². The van der Waals surface area contributed by atoms with E-state index in [4.69, 9.17) is 10.5 Å². The zero-order valence-electron chi connectivity index (χ0n) is 17.3. The summed E-state index contributed by atoms with van der Waals surface area (Å²) in [6.07, 6.45) is 1.05. The quantitative estimate of drug-likeness (QED) is 0.801. The molecule has 0 aliphatic carbocycles. The maximum absolute atomic E-state index is 12.9. The van der Waals surface area contributed by atoms with E-state index in [1.165, 1.54) is 0 Å². The third-order valence-corrected chi connectivity index (χ3v) is 5.89. The molecule has 3 rings (SSSR count). The van der Waals surface area contributed by atoms with E-state index < -0.39 is 0 Å². The van der Waals surface area contributed by atoms with Gasteiger partial charge in [0.1, 0.15) is 5.75 Å². The summed E-state index contributed by atoms with van der Waals surface area (Å²) < 4.78 is 5.28. The van der Waals surface area contributed by atoms with Crippen LogP contribution >= 0.6 is 12.4 Å². The SMILES string of the molecule is COc1ccc2cc(CN(C)C(=O)C(C)N3CCC(C)(CN)C3)ccc2c1.Cl. The molecule has 0 spiro atoms. The van der Waals surface area contributed by atoms with Gasteiger partial charge < -0.3 is 15.4 Å². The van der Waals surface area contributed by atoms with Crippen molar-refractivity contribution in [1.82, 2.24) is 9.80 Å². The van der Waals surface area contributed by atoms with Gasteiger partial charge in [0.15, 0.2) is 0 Å². The van der Waals surface area contributed by atoms with E-state index >= 15 is 0 Å². The van der Waals surface area contributed by atoms with Gasteiger partial charge in [-0.05, 0) is 66.4 Å². The lowest BCUT2D eigenvalue weighted by atomic mass is 9.90. The molecule has 2 unspecified atom stereocenters. The molecule has 2 aromatic rings. The molecular weight excluding hydrogens is 374 g/mol. The number of rotatable bonds is 6. The minimum absolute atomic E-state index is 0. The van der Waals surface area contributed by atoms with Crippen LogP contribution in [0.25, 0.3) is 10.8 Å². The first-order chi connectivity index (χ1) is 12.8. The van der Waals surface area contributed by atoms with Gasteiger partial charge in [0.25, 0.3) is 0 Å². The standard InChI is InChI=1S/C22H31N3O2.ClH/c1-16(25-10-9-22(2,14-23)15-25)21(26)24(3)13-17-5-6-19-12-20(27-4)8-7-18(19)11-17;/h5-8,11-12,16H,9-10,13-15,23H2,1-4H3;1H. The molecule has 0 aromatic heterocycles. The number of nitrogens with two attached hydrogens (primary N) is 1. The Morgan fingerprint density at radius 2 is 1.96 bits per heavy atom. The second-order valence-electron chi connectivity index (χ2n) is 8.15. The minimum atomic E-state index is -0.118. The zero-order valence-corrected chi connectivity index (χ0v) is 18.1. The number of methoxy groups -OCH3 is 1. The molecule has 2 N–H and O–H groups in total. The van der Waals surface area contributed by atoms with Gasteiger partial charge in [0.2, 0.25) is 5.91 Å². The van der Waals surface area contributed by atoms with Gasteiger partial charge >= 0.3 is 0 Å². The summed E-state index contributed by atoms with van der Waals surface area (Å²) >= 11 is 0. The molecule has 2 atom stereocenters. The van der Waals surface area contributed by atoms with Crippen molar-refractivity contribution in [1.29, 1.82) is 0 Å². The van der Waals surface area contributed by atoms with Crippen molar-refractivity contribution < 1.29 is 9.53 Å². The molecule has 5 nitrogen and oxygen atoms in total. The highest BCUT2D eigenvalue weighted by atomic mass is 35.5. The summed E-state index contributed by atoms with van der Waals surface area (Å²) in [7, 11) is 3.56. The summed E-state index contributed by atoms with van der Waals surface area (Å²) in [4.78, 5) is 17.0. The molecule has 1 aliphatic heterocycles. The van der Waals surface area contributed by atoms with Gasteiger partial charge in [0, 0.05) is 20.1 Å². The maximum Gasteiger partial charge on any atom is 0.239 e. The van der Waals surface area contributed by atoms with Crippen molar-refractivity contribution in [3.05, 3.63) is 42.0 Å². The van der Waals surface area contributed by atoms with Crippen molar-refractivity contribution in [2.24, 2.45) is 11.1 Å². The second-order valence-corrected chi connectivity index (χ2v) is 8.15. The fraction of sp³-hybridized carbons (Fsp3) is 0.500. The molecule has 1 saturated heterocycles. The van der Waals surface area contributed by atoms with E-state index in [1.54, 1.807) is 7.11 Å². The van der Waals surface area contributed by atoms with Gasteiger partial charge in [-0.1, -0.05) is 25.1 Å². The van der Waals surface area contributed by atoms with Crippen LogP contribution in [0.1, 0.15) is 25.8 Å². The maximum atomic E-state index is 12.9. The first-order valence-corrected chi connectivity index (χ1v) is 9.61. The van der Waals surface area contributed by atoms with Crippen molar-refractivity contribution in [3.8, 4) is 5.75 Å². The number of ether oxygens (including phenoxy) is 1. The number of likely N-dealkylation sites (tertiary alicyclic amines) is 1. The average Bonchev–Trinajstić information content (AvgIpc) is 3.09. The number of hydrogen-bond donors (Lipinski definition) is 1. The monoisotopic (exact) mass is 405 g/mol. The smallest absolute Gasteiger partial charge is 0.239 e. The molecule has 0 bridgehead atoms. The largest absolute Gasteiger partial charge is 0.497 e. The first kappa shape index (κ1) is 22.5. The van der Waals surface area contributed by atoms with Crippen molar-refractivity contribution in [2.45, 2.75) is 32.9 Å². The fourth-order valence-corrected chi connectivity index (χ4v) is 3.88. The first-order valence-electron chi connectivity index (χ1n) is 9.61. The van der Waals surface area contributed by atoms with E-state index in [2.05, 4.69) is 36.1 Å². The molecule has 154 valence electrons. The van der Waals surface area contributed by atoms with Crippen LogP contribution in [0.3, 0.4) is 0 Å². The number of nitrogens with zero attached hydrogens (tertiary/aromatic N) is 2. The van der Waals surface area contributed by atoms with Crippen LogP contribution in [0.2, 0.25) is 0 Å². The van der Waals surface area contributed by atoms with E-state index in [0.29, 0.717) is 13.1 Å². The van der Waals surface area contributed by atoms with Gasteiger partial charge in [0.05, 0.1) is 13.2 Å². The van der Waals surface area contributed by atoms with Crippen molar-refractivity contribution in [2.75, 3.05) is 33.8 Å². The Morgan fingerprint density at radius 1 is 1.29 bits per heavy atom. The molecule has 0 saturated carbocycles. The zero-order chi connectivity index (χ0) is 19.6. The third kappa shape index (κ3) is 4.77. The molecule has 1 amide bonds. The highest BCUT2D eigenvalue weighted by Crippen LogP contribution is 2.30. The minimum Gasteiger partial charge on any atom is -0.497 e. The normalized spacial score (nSPS) is 20.6. The molecule has 0 radical (unpaired) electrons. The van der Waals surface area contributed by atoms with Crippen molar-refractivity contribution in [3.63, 3.8) is 0 Å². The van der Waals surface area contributed by atoms with Crippen LogP contribution in [-0.2, 0) is 11.3 Å². The Morgan fingerprint density at radius 3 is 2.61 bits per heavy atom. The van der Waals surface area contributed by atoms with Crippen LogP contribution in [0, 0.1) is 5.41 Å². The van der Waals surface area contributed by atoms with Gasteiger partial charge in [-0.15, -0.1) is 12.4 Å². The number of likely N-dealkylation sites (N-methyl/N-ethyl adjacent to an activating group) is 1. The van der Waals surface area contributed by atoms with E-state index in [1.807, 2.05) is 31.0 Å². The number of halogens is 1. The Kier molecular flexibility index (Phi) is 7.32. The van der Waals surface area contributed by atoms with Crippen LogP contribution < -0.4 is 10.5 Å². The lowest BCUT2D eigenvalue weighted by Crippen LogP contribution is -2.45. The highest BCUT2D eigenvalue weighted by molar-refractivity contribution is 5.85. The average molecular weight is 406 g/mol.